The van der Waals surface area contributed by atoms with Gasteiger partial charge in [-0.05, 0) is 61.4 Å². The molecule has 176 valence electrons. The van der Waals surface area contributed by atoms with E-state index in [-0.39, 0.29) is 5.91 Å². The molecule has 34 heavy (non-hydrogen) atoms. The number of carbonyl (C=O) groups is 1. The number of rotatable bonds is 9. The smallest absolute Gasteiger partial charge is 0.254 e. The highest BCUT2D eigenvalue weighted by atomic mass is 16.5. The van der Waals surface area contributed by atoms with Crippen molar-refractivity contribution in [3.05, 3.63) is 101 Å². The van der Waals surface area contributed by atoms with Crippen LogP contribution >= 0.6 is 0 Å². The molecule has 0 fully saturated rings. The predicted octanol–water partition coefficient (Wildman–Crippen LogP) is 5.36. The summed E-state index contributed by atoms with van der Waals surface area (Å²) < 4.78 is 12.1. The normalized spacial score (nSPS) is 12.4. The summed E-state index contributed by atoms with van der Waals surface area (Å²) in [7, 11) is 1.90. The van der Waals surface area contributed by atoms with Gasteiger partial charge in [0.25, 0.3) is 5.91 Å². The lowest BCUT2D eigenvalue weighted by molar-refractivity contribution is 0.0750. The molecule has 1 aliphatic rings. The molecule has 3 aromatic carbocycles. The van der Waals surface area contributed by atoms with Gasteiger partial charge in [-0.15, -0.1) is 0 Å². The fourth-order valence-corrected chi connectivity index (χ4v) is 4.20. The van der Waals surface area contributed by atoms with Crippen molar-refractivity contribution in [1.29, 1.82) is 0 Å². The average Bonchev–Trinajstić information content (AvgIpc) is 3.28. The van der Waals surface area contributed by atoms with Crippen LogP contribution in [0.4, 0.5) is 0 Å². The van der Waals surface area contributed by atoms with Crippen LogP contribution in [0.25, 0.3) is 5.57 Å². The fourth-order valence-electron chi connectivity index (χ4n) is 4.20. The molecule has 3 aromatic rings. The van der Waals surface area contributed by atoms with E-state index < -0.39 is 0 Å². The van der Waals surface area contributed by atoms with E-state index in [1.807, 2.05) is 80.4 Å². The van der Waals surface area contributed by atoms with Crippen LogP contribution in [0.2, 0.25) is 0 Å². The molecule has 0 unspecified atom stereocenters. The monoisotopic (exact) mass is 456 g/mol. The lowest BCUT2D eigenvalue weighted by Gasteiger charge is -2.20. The molecule has 0 bridgehead atoms. The number of fused-ring (bicyclic) bond motifs is 1. The fraction of sp³-hybridized carbons (Fsp3) is 0.276. The number of nitrogens with zero attached hydrogens (tertiary/aromatic N) is 1. The Balaban J connectivity index is 1.54. The molecule has 1 heterocycles. The van der Waals surface area contributed by atoms with Gasteiger partial charge >= 0.3 is 0 Å². The predicted molar refractivity (Wildman–Crippen MR) is 136 cm³/mol. The number of aryl methyl sites for hydroxylation is 1. The molecule has 5 nitrogen and oxygen atoms in total. The number of carbonyl (C=O) groups excluding carboxylic acids is 1. The Morgan fingerprint density at radius 3 is 2.53 bits per heavy atom. The topological polar surface area (TPSA) is 50.8 Å². The van der Waals surface area contributed by atoms with Crippen molar-refractivity contribution in [2.24, 2.45) is 0 Å². The summed E-state index contributed by atoms with van der Waals surface area (Å²) in [4.78, 5) is 15.5. The second-order valence-electron chi connectivity index (χ2n) is 8.72. The quantitative estimate of drug-likeness (QED) is 0.441. The van der Waals surface area contributed by atoms with E-state index in [0.29, 0.717) is 31.9 Å². The van der Waals surface area contributed by atoms with Crippen molar-refractivity contribution in [2.75, 3.05) is 20.2 Å². The van der Waals surface area contributed by atoms with Crippen molar-refractivity contribution in [2.45, 2.75) is 33.5 Å². The zero-order valence-corrected chi connectivity index (χ0v) is 20.2. The first-order valence-electron chi connectivity index (χ1n) is 11.6. The molecule has 0 aliphatic carbocycles. The van der Waals surface area contributed by atoms with Crippen LogP contribution in [-0.2, 0) is 19.7 Å². The molecule has 0 aromatic heterocycles. The Kier molecular flexibility index (Phi) is 7.33. The molecule has 1 N–H and O–H groups in total. The third-order valence-electron chi connectivity index (χ3n) is 6.09. The van der Waals surface area contributed by atoms with Crippen LogP contribution in [0.1, 0.15) is 45.1 Å². The number of ether oxygens (including phenoxy) is 2. The summed E-state index contributed by atoms with van der Waals surface area (Å²) in [6, 6.07) is 20.0. The summed E-state index contributed by atoms with van der Waals surface area (Å²) in [5, 5.41) is 3.09. The minimum absolute atomic E-state index is 0.00647. The maximum atomic E-state index is 13.6. The highest BCUT2D eigenvalue weighted by molar-refractivity contribution is 5.97. The number of allylic oxidation sites excluding steroid dienone is 1. The first kappa shape index (κ1) is 23.6. The molecule has 1 amide bonds. The number of benzene rings is 3. The summed E-state index contributed by atoms with van der Waals surface area (Å²) in [5.41, 5.74) is 6.61. The van der Waals surface area contributed by atoms with Gasteiger partial charge in [0.05, 0.1) is 6.54 Å². The Hall–Kier alpha value is -3.57. The summed E-state index contributed by atoms with van der Waals surface area (Å²) in [5.74, 6) is 1.61. The second-order valence-corrected chi connectivity index (χ2v) is 8.72. The summed E-state index contributed by atoms with van der Waals surface area (Å²) >= 11 is 0. The third-order valence-corrected chi connectivity index (χ3v) is 6.09. The zero-order chi connectivity index (χ0) is 24.1. The van der Waals surface area contributed by atoms with Crippen molar-refractivity contribution in [1.82, 2.24) is 10.2 Å². The van der Waals surface area contributed by atoms with Gasteiger partial charge in [-0.2, -0.15) is 0 Å². The molecule has 4 rings (SSSR count). The highest BCUT2D eigenvalue weighted by Crippen LogP contribution is 2.34. The molecule has 5 heteroatoms. The average molecular weight is 457 g/mol. The second kappa shape index (κ2) is 10.6. The molecule has 0 spiro atoms. The highest BCUT2D eigenvalue weighted by Gasteiger charge is 2.28. The maximum absolute atomic E-state index is 13.6. The SMILES string of the molecule is C=C(C)c1cc(C(=O)N2Cc3cccc(OCCNC)c3C2)c(C)cc1OCc1ccccc1. The van der Waals surface area contributed by atoms with Gasteiger partial charge < -0.3 is 19.7 Å². The van der Waals surface area contributed by atoms with Crippen molar-refractivity contribution < 1.29 is 14.3 Å². The van der Waals surface area contributed by atoms with Crippen LogP contribution < -0.4 is 14.8 Å². The van der Waals surface area contributed by atoms with E-state index in [0.717, 1.165) is 51.4 Å². The Bertz CT molecular complexity index is 1190. The first-order valence-corrected chi connectivity index (χ1v) is 11.6. The van der Waals surface area contributed by atoms with Crippen LogP contribution in [0, 0.1) is 6.92 Å². The molecular weight excluding hydrogens is 424 g/mol. The van der Waals surface area contributed by atoms with Crippen LogP contribution in [0.5, 0.6) is 11.5 Å². The first-order chi connectivity index (χ1) is 16.5. The van der Waals surface area contributed by atoms with E-state index in [4.69, 9.17) is 9.47 Å². The minimum atomic E-state index is 0.00647. The summed E-state index contributed by atoms with van der Waals surface area (Å²) in [6.07, 6.45) is 0. The van der Waals surface area contributed by atoms with Gasteiger partial charge in [-0.1, -0.05) is 49.0 Å². The number of nitrogens with one attached hydrogen (secondary N) is 1. The minimum Gasteiger partial charge on any atom is -0.492 e. The van der Waals surface area contributed by atoms with Crippen LogP contribution in [-0.4, -0.2) is 31.0 Å². The van der Waals surface area contributed by atoms with E-state index in [9.17, 15) is 4.79 Å². The van der Waals surface area contributed by atoms with Gasteiger partial charge in [0.15, 0.2) is 0 Å². The molecule has 0 saturated heterocycles. The van der Waals surface area contributed by atoms with E-state index >= 15 is 0 Å². The van der Waals surface area contributed by atoms with Gasteiger partial charge in [0.1, 0.15) is 24.7 Å². The number of amides is 1. The van der Waals surface area contributed by atoms with Crippen molar-refractivity contribution in [3.63, 3.8) is 0 Å². The standard InChI is InChI=1S/C29H32N2O3/c1-20(2)24-16-25(21(3)15-28(24)34-19-22-9-6-5-7-10-22)29(32)31-17-23-11-8-12-27(26(23)18-31)33-14-13-30-4/h5-12,15-16,30H,1,13-14,17-19H2,2-4H3. The maximum Gasteiger partial charge on any atom is 0.254 e. The van der Waals surface area contributed by atoms with E-state index in [2.05, 4.69) is 18.0 Å². The van der Waals surface area contributed by atoms with E-state index in [1.54, 1.807) is 0 Å². The summed E-state index contributed by atoms with van der Waals surface area (Å²) in [6.45, 7) is 11.0. The molecule has 0 radical (unpaired) electrons. The lowest BCUT2D eigenvalue weighted by atomic mass is 9.99. The molecule has 0 atom stereocenters. The van der Waals surface area contributed by atoms with Crippen molar-refractivity contribution in [3.8, 4) is 11.5 Å². The Labute approximate surface area is 202 Å². The van der Waals surface area contributed by atoms with Gasteiger partial charge in [-0.25, -0.2) is 0 Å². The molecule has 0 saturated carbocycles. The largest absolute Gasteiger partial charge is 0.492 e. The van der Waals surface area contributed by atoms with Crippen molar-refractivity contribution >= 4 is 11.5 Å². The number of hydrogen-bond donors (Lipinski definition) is 1. The Morgan fingerprint density at radius 1 is 1.00 bits per heavy atom. The lowest BCUT2D eigenvalue weighted by Crippen LogP contribution is -2.26. The Morgan fingerprint density at radius 2 is 1.79 bits per heavy atom. The molecular formula is C29H32N2O3. The van der Waals surface area contributed by atoms with Gasteiger partial charge in [0, 0.05) is 29.8 Å². The van der Waals surface area contributed by atoms with E-state index in [1.165, 1.54) is 0 Å². The van der Waals surface area contributed by atoms with Crippen LogP contribution in [0.3, 0.4) is 0 Å². The number of hydrogen-bond acceptors (Lipinski definition) is 4. The van der Waals surface area contributed by atoms with Crippen LogP contribution in [0.15, 0.2) is 67.2 Å². The number of likely N-dealkylation sites (N-methyl/N-ethyl adjacent to an activating group) is 1. The zero-order valence-electron chi connectivity index (χ0n) is 20.2. The third kappa shape index (κ3) is 5.15. The van der Waals surface area contributed by atoms with Gasteiger partial charge in [-0.3, -0.25) is 4.79 Å². The van der Waals surface area contributed by atoms with Gasteiger partial charge in [0.2, 0.25) is 0 Å². The molecule has 1 aliphatic heterocycles.